The van der Waals surface area contributed by atoms with Gasteiger partial charge in [-0.25, -0.2) is 12.8 Å². The van der Waals surface area contributed by atoms with Gasteiger partial charge in [-0.1, -0.05) is 30.3 Å². The van der Waals surface area contributed by atoms with E-state index in [1.807, 2.05) is 24.3 Å². The Labute approximate surface area is 175 Å². The van der Waals surface area contributed by atoms with E-state index in [0.717, 1.165) is 11.6 Å². The molecular formula is C22H21FN2O4S. The van der Waals surface area contributed by atoms with Gasteiger partial charge >= 0.3 is 0 Å². The lowest BCUT2D eigenvalue weighted by atomic mass is 10.1. The smallest absolute Gasteiger partial charge is 0.262 e. The minimum Gasteiger partial charge on any atom is -0.497 e. The number of anilines is 1. The van der Waals surface area contributed by atoms with Gasteiger partial charge in [0.25, 0.3) is 15.9 Å². The summed E-state index contributed by atoms with van der Waals surface area (Å²) in [4.78, 5) is 14.2. The Hall–Kier alpha value is -3.39. The molecule has 0 bridgehead atoms. The molecule has 0 radical (unpaired) electrons. The molecule has 0 heterocycles. The van der Waals surface area contributed by atoms with Crippen molar-refractivity contribution in [2.45, 2.75) is 11.4 Å². The van der Waals surface area contributed by atoms with Crippen LogP contribution < -0.4 is 9.46 Å². The molecule has 0 unspecified atom stereocenters. The minimum absolute atomic E-state index is 0.133. The molecule has 0 saturated heterocycles. The largest absolute Gasteiger partial charge is 0.497 e. The lowest BCUT2D eigenvalue weighted by molar-refractivity contribution is 0.0784. The lowest BCUT2D eigenvalue weighted by Gasteiger charge is -2.18. The zero-order chi connectivity index (χ0) is 21.7. The molecule has 0 aromatic heterocycles. The molecule has 0 aliphatic carbocycles. The number of methoxy groups -OCH3 is 1. The third kappa shape index (κ3) is 4.96. The molecular weight excluding hydrogens is 407 g/mol. The van der Waals surface area contributed by atoms with Crippen molar-refractivity contribution in [3.05, 3.63) is 89.7 Å². The maximum absolute atomic E-state index is 13.8. The zero-order valence-electron chi connectivity index (χ0n) is 16.5. The van der Waals surface area contributed by atoms with Crippen molar-refractivity contribution < 1.29 is 22.3 Å². The van der Waals surface area contributed by atoms with Crippen molar-refractivity contribution in [3.8, 4) is 5.75 Å². The highest BCUT2D eigenvalue weighted by atomic mass is 32.2. The van der Waals surface area contributed by atoms with Crippen LogP contribution in [0.15, 0.2) is 77.7 Å². The van der Waals surface area contributed by atoms with Crippen LogP contribution in [0.25, 0.3) is 0 Å². The Morgan fingerprint density at radius 2 is 1.77 bits per heavy atom. The Morgan fingerprint density at radius 3 is 2.50 bits per heavy atom. The molecule has 3 rings (SSSR count). The molecule has 0 spiro atoms. The van der Waals surface area contributed by atoms with E-state index in [2.05, 4.69) is 4.72 Å². The molecule has 1 N–H and O–H groups in total. The third-order valence-electron chi connectivity index (χ3n) is 4.41. The van der Waals surface area contributed by atoms with Gasteiger partial charge in [-0.05, 0) is 48.0 Å². The Morgan fingerprint density at radius 1 is 1.03 bits per heavy atom. The second-order valence-electron chi connectivity index (χ2n) is 6.63. The van der Waals surface area contributed by atoms with Crippen molar-refractivity contribution in [2.24, 2.45) is 0 Å². The number of halogens is 1. The summed E-state index contributed by atoms with van der Waals surface area (Å²) in [6.07, 6.45) is 0. The molecule has 6 nitrogen and oxygen atoms in total. The van der Waals surface area contributed by atoms with Gasteiger partial charge < -0.3 is 9.64 Å². The third-order valence-corrected chi connectivity index (χ3v) is 5.77. The first-order valence-electron chi connectivity index (χ1n) is 9.06. The highest BCUT2D eigenvalue weighted by Gasteiger charge is 2.19. The van der Waals surface area contributed by atoms with Crippen molar-refractivity contribution in [2.75, 3.05) is 18.9 Å². The fraction of sp³-hybridized carbons (Fsp3) is 0.136. The number of nitrogens with one attached hydrogen (secondary N) is 1. The summed E-state index contributed by atoms with van der Waals surface area (Å²) in [7, 11) is -0.872. The van der Waals surface area contributed by atoms with Crippen LogP contribution in [0.5, 0.6) is 5.75 Å². The van der Waals surface area contributed by atoms with Gasteiger partial charge in [0, 0.05) is 19.2 Å². The minimum atomic E-state index is -4.06. The molecule has 0 aliphatic heterocycles. The van der Waals surface area contributed by atoms with Crippen molar-refractivity contribution in [3.63, 3.8) is 0 Å². The highest BCUT2D eigenvalue weighted by molar-refractivity contribution is 7.92. The van der Waals surface area contributed by atoms with Gasteiger partial charge in [0.1, 0.15) is 11.6 Å². The Kier molecular flexibility index (Phi) is 6.37. The number of carbonyl (C=O) groups is 1. The number of amides is 1. The molecule has 0 saturated carbocycles. The van der Waals surface area contributed by atoms with E-state index in [4.69, 9.17) is 4.74 Å². The van der Waals surface area contributed by atoms with Crippen LogP contribution in [0.1, 0.15) is 15.9 Å². The zero-order valence-corrected chi connectivity index (χ0v) is 17.3. The SMILES string of the molecule is COc1cccc(CN(C)C(=O)c2cccc(S(=O)(=O)Nc3ccccc3F)c2)c1. The van der Waals surface area contributed by atoms with E-state index >= 15 is 0 Å². The quantitative estimate of drug-likeness (QED) is 0.619. The number of carbonyl (C=O) groups excluding carboxylic acids is 1. The standard InChI is InChI=1S/C22H21FN2O4S/c1-25(15-16-7-5-9-18(13-16)29-2)22(26)17-8-6-10-19(14-17)30(27,28)24-21-12-4-3-11-20(21)23/h3-14,24H,15H2,1-2H3. The van der Waals surface area contributed by atoms with Gasteiger partial charge in [0.2, 0.25) is 0 Å². The first-order valence-corrected chi connectivity index (χ1v) is 10.5. The predicted octanol–water partition coefficient (Wildman–Crippen LogP) is 3.91. The molecule has 1 amide bonds. The molecule has 156 valence electrons. The number of para-hydroxylation sites is 1. The number of rotatable bonds is 7. The van der Waals surface area contributed by atoms with Gasteiger partial charge in [-0.15, -0.1) is 0 Å². The van der Waals surface area contributed by atoms with Crippen LogP contribution in [0.3, 0.4) is 0 Å². The second kappa shape index (κ2) is 8.96. The number of benzene rings is 3. The van der Waals surface area contributed by atoms with Crippen LogP contribution in [0.4, 0.5) is 10.1 Å². The molecule has 0 atom stereocenters. The van der Waals surface area contributed by atoms with Crippen LogP contribution in [0.2, 0.25) is 0 Å². The Balaban J connectivity index is 1.79. The molecule has 8 heteroatoms. The number of hydrogen-bond donors (Lipinski definition) is 1. The first-order chi connectivity index (χ1) is 14.3. The van der Waals surface area contributed by atoms with Crippen LogP contribution in [-0.4, -0.2) is 33.4 Å². The van der Waals surface area contributed by atoms with Crippen LogP contribution in [0, 0.1) is 5.82 Å². The number of nitrogens with zero attached hydrogens (tertiary/aromatic N) is 1. The van der Waals surface area contributed by atoms with Crippen molar-refractivity contribution >= 4 is 21.6 Å². The summed E-state index contributed by atoms with van der Waals surface area (Å²) in [5.41, 5.74) is 0.913. The fourth-order valence-electron chi connectivity index (χ4n) is 2.88. The predicted molar refractivity (Wildman–Crippen MR) is 112 cm³/mol. The van der Waals surface area contributed by atoms with Crippen molar-refractivity contribution in [1.29, 1.82) is 0 Å². The van der Waals surface area contributed by atoms with Crippen LogP contribution >= 0.6 is 0 Å². The summed E-state index contributed by atoms with van der Waals surface area (Å²) in [5.74, 6) is -0.354. The molecule has 30 heavy (non-hydrogen) atoms. The second-order valence-corrected chi connectivity index (χ2v) is 8.31. The number of hydrogen-bond acceptors (Lipinski definition) is 4. The average Bonchev–Trinajstić information content (AvgIpc) is 2.75. The summed E-state index contributed by atoms with van der Waals surface area (Å²) >= 11 is 0. The lowest BCUT2D eigenvalue weighted by Crippen LogP contribution is -2.26. The van der Waals surface area contributed by atoms with E-state index in [0.29, 0.717) is 12.3 Å². The molecule has 3 aromatic carbocycles. The number of ether oxygens (including phenoxy) is 1. The first kappa shape index (κ1) is 21.3. The molecule has 0 aliphatic rings. The number of sulfonamides is 1. The summed E-state index contributed by atoms with van der Waals surface area (Å²) in [6.45, 7) is 0.320. The van der Waals surface area contributed by atoms with Gasteiger partial charge in [-0.3, -0.25) is 9.52 Å². The molecule has 3 aromatic rings. The van der Waals surface area contributed by atoms with E-state index in [9.17, 15) is 17.6 Å². The summed E-state index contributed by atoms with van der Waals surface area (Å²) in [5, 5.41) is 0. The highest BCUT2D eigenvalue weighted by Crippen LogP contribution is 2.21. The van der Waals surface area contributed by atoms with Crippen molar-refractivity contribution in [1.82, 2.24) is 4.90 Å². The van der Waals surface area contributed by atoms with E-state index in [1.165, 1.54) is 47.4 Å². The summed E-state index contributed by atoms with van der Waals surface area (Å²) < 4.78 is 46.5. The van der Waals surface area contributed by atoms with Crippen LogP contribution in [-0.2, 0) is 16.6 Å². The van der Waals surface area contributed by atoms with E-state index in [1.54, 1.807) is 14.2 Å². The molecule has 0 fully saturated rings. The summed E-state index contributed by atoms with van der Waals surface area (Å²) in [6, 6.07) is 18.4. The van der Waals surface area contributed by atoms with Gasteiger partial charge in [0.15, 0.2) is 0 Å². The maximum Gasteiger partial charge on any atom is 0.262 e. The topological polar surface area (TPSA) is 75.7 Å². The van der Waals surface area contributed by atoms with Gasteiger partial charge in [0.05, 0.1) is 17.7 Å². The van der Waals surface area contributed by atoms with Gasteiger partial charge in [-0.2, -0.15) is 0 Å². The normalized spacial score (nSPS) is 11.0. The Bertz CT molecular complexity index is 1170. The van der Waals surface area contributed by atoms with E-state index in [-0.39, 0.29) is 22.1 Å². The maximum atomic E-state index is 13.8. The van der Waals surface area contributed by atoms with E-state index < -0.39 is 15.8 Å². The fourth-order valence-corrected chi connectivity index (χ4v) is 3.99. The average molecular weight is 428 g/mol. The monoisotopic (exact) mass is 428 g/mol.